The number of aryl methyl sites for hydroxylation is 1. The molecular weight excluding hydrogens is 324 g/mol. The number of amides is 2. The van der Waals surface area contributed by atoms with Gasteiger partial charge < -0.3 is 24.6 Å². The minimum absolute atomic E-state index is 0.0260. The van der Waals surface area contributed by atoms with Crippen LogP contribution in [0.1, 0.15) is 49.9 Å². The molecule has 140 valence electrons. The van der Waals surface area contributed by atoms with E-state index in [9.17, 15) is 14.7 Å². The van der Waals surface area contributed by atoms with Crippen LogP contribution in [0.25, 0.3) is 0 Å². The van der Waals surface area contributed by atoms with E-state index in [1.807, 2.05) is 20.8 Å². The van der Waals surface area contributed by atoms with E-state index in [1.54, 1.807) is 16.7 Å². The number of aromatic nitrogens is 2. The van der Waals surface area contributed by atoms with Gasteiger partial charge in [0, 0.05) is 25.7 Å². The molecule has 0 spiro atoms. The number of ether oxygens (including phenoxy) is 1. The van der Waals surface area contributed by atoms with E-state index in [1.165, 1.54) is 6.20 Å². The lowest BCUT2D eigenvalue weighted by atomic mass is 10.0. The molecule has 1 aliphatic heterocycles. The summed E-state index contributed by atoms with van der Waals surface area (Å²) in [7, 11) is 0. The van der Waals surface area contributed by atoms with Gasteiger partial charge in [-0.15, -0.1) is 0 Å². The molecule has 2 N–H and O–H groups in total. The van der Waals surface area contributed by atoms with E-state index >= 15 is 0 Å². The molecule has 2 amide bonds. The quantitative estimate of drug-likeness (QED) is 0.857. The molecular formula is C17H28N4O4. The van der Waals surface area contributed by atoms with Crippen molar-refractivity contribution in [1.82, 2.24) is 19.8 Å². The number of carbonyl (C=O) groups excluding carboxylic acids is 2. The van der Waals surface area contributed by atoms with E-state index in [0.29, 0.717) is 37.4 Å². The maximum atomic E-state index is 12.7. The van der Waals surface area contributed by atoms with Crippen molar-refractivity contribution in [2.45, 2.75) is 52.2 Å². The number of rotatable bonds is 4. The summed E-state index contributed by atoms with van der Waals surface area (Å²) in [6, 6.07) is -0.0260. The van der Waals surface area contributed by atoms with Crippen LogP contribution < -0.4 is 0 Å². The number of piperidine rings is 1. The maximum Gasteiger partial charge on any atom is 0.410 e. The van der Waals surface area contributed by atoms with Crippen molar-refractivity contribution in [1.29, 1.82) is 0 Å². The van der Waals surface area contributed by atoms with Gasteiger partial charge in [-0.05, 0) is 40.5 Å². The van der Waals surface area contributed by atoms with Crippen LogP contribution >= 0.6 is 0 Å². The first kappa shape index (κ1) is 19.2. The molecule has 1 saturated heterocycles. The number of nitrogens with one attached hydrogen (secondary N) is 1. The Kier molecular flexibility index (Phi) is 6.05. The van der Waals surface area contributed by atoms with Gasteiger partial charge in [0.1, 0.15) is 17.1 Å². The lowest BCUT2D eigenvalue weighted by Gasteiger charge is -2.38. The van der Waals surface area contributed by atoms with Gasteiger partial charge in [0.15, 0.2) is 0 Å². The Hall–Kier alpha value is -2.09. The first-order chi connectivity index (χ1) is 11.7. The molecule has 0 bridgehead atoms. The first-order valence-corrected chi connectivity index (χ1v) is 8.62. The number of aliphatic hydroxyl groups excluding tert-OH is 1. The number of imidazole rings is 1. The molecule has 0 radical (unpaired) electrons. The Morgan fingerprint density at radius 3 is 2.52 bits per heavy atom. The van der Waals surface area contributed by atoms with Crippen LogP contribution in [-0.4, -0.2) is 74.8 Å². The smallest absolute Gasteiger partial charge is 0.410 e. The van der Waals surface area contributed by atoms with Gasteiger partial charge in [0.2, 0.25) is 0 Å². The van der Waals surface area contributed by atoms with Gasteiger partial charge in [-0.3, -0.25) is 4.79 Å². The van der Waals surface area contributed by atoms with E-state index in [-0.39, 0.29) is 31.2 Å². The third kappa shape index (κ3) is 5.19. The lowest BCUT2D eigenvalue weighted by molar-refractivity contribution is 0.0136. The number of hydrogen-bond acceptors (Lipinski definition) is 5. The molecule has 1 fully saturated rings. The molecule has 1 aromatic heterocycles. The summed E-state index contributed by atoms with van der Waals surface area (Å²) in [5.41, 5.74) is -0.105. The minimum Gasteiger partial charge on any atom is -0.444 e. The number of aromatic amines is 1. The zero-order valence-electron chi connectivity index (χ0n) is 15.4. The highest BCUT2D eigenvalue weighted by atomic mass is 16.6. The zero-order chi connectivity index (χ0) is 18.6. The SMILES string of the molecule is Cc1ncc(C(=O)N(CCO)C2CCN(C(=O)OC(C)(C)C)CC2)[nH]1. The van der Waals surface area contributed by atoms with Gasteiger partial charge in [-0.1, -0.05) is 0 Å². The number of aliphatic hydroxyl groups is 1. The summed E-state index contributed by atoms with van der Waals surface area (Å²) in [6.45, 7) is 8.50. The van der Waals surface area contributed by atoms with Crippen molar-refractivity contribution < 1.29 is 19.4 Å². The molecule has 8 heteroatoms. The highest BCUT2D eigenvalue weighted by molar-refractivity contribution is 5.92. The van der Waals surface area contributed by atoms with Crippen LogP contribution in [0.4, 0.5) is 4.79 Å². The molecule has 25 heavy (non-hydrogen) atoms. The molecule has 2 heterocycles. The minimum atomic E-state index is -0.523. The molecule has 2 rings (SSSR count). The number of likely N-dealkylation sites (tertiary alicyclic amines) is 1. The van der Waals surface area contributed by atoms with Gasteiger partial charge in [0.05, 0.1) is 12.8 Å². The molecule has 0 atom stereocenters. The van der Waals surface area contributed by atoms with Crippen molar-refractivity contribution >= 4 is 12.0 Å². The predicted molar refractivity (Wildman–Crippen MR) is 92.3 cm³/mol. The summed E-state index contributed by atoms with van der Waals surface area (Å²) >= 11 is 0. The van der Waals surface area contributed by atoms with E-state index in [0.717, 1.165) is 0 Å². The summed E-state index contributed by atoms with van der Waals surface area (Å²) in [4.78, 5) is 35.2. The van der Waals surface area contributed by atoms with Crippen molar-refractivity contribution in [2.75, 3.05) is 26.2 Å². The van der Waals surface area contributed by atoms with Crippen LogP contribution in [-0.2, 0) is 4.74 Å². The van der Waals surface area contributed by atoms with Gasteiger partial charge in [0.25, 0.3) is 5.91 Å². The highest BCUT2D eigenvalue weighted by Crippen LogP contribution is 2.20. The lowest BCUT2D eigenvalue weighted by Crippen LogP contribution is -2.50. The third-order valence-electron chi connectivity index (χ3n) is 4.09. The van der Waals surface area contributed by atoms with Crippen molar-refractivity contribution in [3.63, 3.8) is 0 Å². The largest absolute Gasteiger partial charge is 0.444 e. The van der Waals surface area contributed by atoms with Gasteiger partial charge in [-0.25, -0.2) is 9.78 Å². The topological polar surface area (TPSA) is 98.8 Å². The fraction of sp³-hybridized carbons (Fsp3) is 0.706. The maximum absolute atomic E-state index is 12.7. The number of carbonyl (C=O) groups is 2. The van der Waals surface area contributed by atoms with Crippen LogP contribution in [0.5, 0.6) is 0 Å². The normalized spacial score (nSPS) is 16.0. The summed E-state index contributed by atoms with van der Waals surface area (Å²) in [6.07, 6.45) is 2.49. The average molecular weight is 352 g/mol. The van der Waals surface area contributed by atoms with Crippen LogP contribution in [0, 0.1) is 6.92 Å². The second kappa shape index (κ2) is 7.86. The molecule has 1 aliphatic rings. The van der Waals surface area contributed by atoms with Gasteiger partial charge >= 0.3 is 6.09 Å². The van der Waals surface area contributed by atoms with E-state index in [4.69, 9.17) is 4.74 Å². The van der Waals surface area contributed by atoms with Crippen molar-refractivity contribution in [3.8, 4) is 0 Å². The Morgan fingerprint density at radius 1 is 1.40 bits per heavy atom. The number of nitrogens with zero attached hydrogens (tertiary/aromatic N) is 3. The summed E-state index contributed by atoms with van der Waals surface area (Å²) in [5.74, 6) is 0.498. The first-order valence-electron chi connectivity index (χ1n) is 8.62. The summed E-state index contributed by atoms with van der Waals surface area (Å²) < 4.78 is 5.39. The standard InChI is InChI=1S/C17H28N4O4/c1-12-18-11-14(19-12)15(23)21(9-10-22)13-5-7-20(8-6-13)16(24)25-17(2,3)4/h11,13,22H,5-10H2,1-4H3,(H,18,19). The monoisotopic (exact) mass is 352 g/mol. The second-order valence-electron chi connectivity index (χ2n) is 7.30. The van der Waals surface area contributed by atoms with Crippen LogP contribution in [0.2, 0.25) is 0 Å². The summed E-state index contributed by atoms with van der Waals surface area (Å²) in [5, 5.41) is 9.33. The molecule has 1 aromatic rings. The molecule has 0 unspecified atom stereocenters. The highest BCUT2D eigenvalue weighted by Gasteiger charge is 2.32. The van der Waals surface area contributed by atoms with Crippen molar-refractivity contribution in [2.24, 2.45) is 0 Å². The fourth-order valence-electron chi connectivity index (χ4n) is 2.93. The number of H-pyrrole nitrogens is 1. The van der Waals surface area contributed by atoms with E-state index in [2.05, 4.69) is 9.97 Å². The number of hydrogen-bond donors (Lipinski definition) is 2. The van der Waals surface area contributed by atoms with Crippen LogP contribution in [0.3, 0.4) is 0 Å². The second-order valence-corrected chi connectivity index (χ2v) is 7.30. The van der Waals surface area contributed by atoms with Gasteiger partial charge in [-0.2, -0.15) is 0 Å². The predicted octanol–water partition coefficient (Wildman–Crippen LogP) is 1.55. The third-order valence-corrected chi connectivity index (χ3v) is 4.09. The zero-order valence-corrected chi connectivity index (χ0v) is 15.4. The van der Waals surface area contributed by atoms with E-state index < -0.39 is 5.60 Å². The molecule has 0 aliphatic carbocycles. The molecule has 0 saturated carbocycles. The molecule has 8 nitrogen and oxygen atoms in total. The van der Waals surface area contributed by atoms with Crippen LogP contribution in [0.15, 0.2) is 6.20 Å². The average Bonchev–Trinajstić information content (AvgIpc) is 2.97. The Bertz CT molecular complexity index is 600. The Balaban J connectivity index is 1.98. The fourth-order valence-corrected chi connectivity index (χ4v) is 2.93. The van der Waals surface area contributed by atoms with Crippen molar-refractivity contribution in [3.05, 3.63) is 17.7 Å². The molecule has 0 aromatic carbocycles. The Labute approximate surface area is 148 Å². The Morgan fingerprint density at radius 2 is 2.04 bits per heavy atom.